The van der Waals surface area contributed by atoms with Crippen molar-refractivity contribution in [1.82, 2.24) is 14.7 Å². The fourth-order valence-corrected chi connectivity index (χ4v) is 2.32. The molecule has 2 aromatic heterocycles. The van der Waals surface area contributed by atoms with Gasteiger partial charge in [-0.2, -0.15) is 0 Å². The van der Waals surface area contributed by atoms with Gasteiger partial charge in [0.25, 0.3) is 0 Å². The van der Waals surface area contributed by atoms with E-state index in [1.807, 2.05) is 18.2 Å². The van der Waals surface area contributed by atoms with Gasteiger partial charge in [0.2, 0.25) is 0 Å². The summed E-state index contributed by atoms with van der Waals surface area (Å²) in [5.74, 6) is 1.66. The third kappa shape index (κ3) is 3.95. The molecule has 116 valence electrons. The lowest BCUT2D eigenvalue weighted by Gasteiger charge is -2.18. The maximum Gasteiger partial charge on any atom is 0.152 e. The lowest BCUT2D eigenvalue weighted by atomic mass is 10.2. The van der Waals surface area contributed by atoms with Crippen LogP contribution < -0.4 is 10.2 Å². The van der Waals surface area contributed by atoms with Crippen LogP contribution in [0.15, 0.2) is 24.4 Å². The zero-order chi connectivity index (χ0) is 15.2. The SMILES string of the molecule is COCCN(C)c1nc2ccccn2c1CNCC(C)C. The highest BCUT2D eigenvalue weighted by molar-refractivity contribution is 5.55. The molecular formula is C16H26N4O. The smallest absolute Gasteiger partial charge is 0.152 e. The van der Waals surface area contributed by atoms with Gasteiger partial charge in [0.05, 0.1) is 12.3 Å². The fourth-order valence-electron chi connectivity index (χ4n) is 2.32. The van der Waals surface area contributed by atoms with Crippen molar-refractivity contribution in [2.75, 3.05) is 38.8 Å². The van der Waals surface area contributed by atoms with E-state index in [1.54, 1.807) is 7.11 Å². The number of nitrogens with one attached hydrogen (secondary N) is 1. The van der Waals surface area contributed by atoms with Crippen LogP contribution in [0.5, 0.6) is 0 Å². The molecule has 0 aliphatic heterocycles. The van der Waals surface area contributed by atoms with E-state index in [0.29, 0.717) is 12.5 Å². The molecule has 0 unspecified atom stereocenters. The number of hydrogen-bond donors (Lipinski definition) is 1. The Balaban J connectivity index is 2.25. The zero-order valence-corrected chi connectivity index (χ0v) is 13.5. The van der Waals surface area contributed by atoms with Gasteiger partial charge in [-0.25, -0.2) is 4.98 Å². The van der Waals surface area contributed by atoms with Crippen LogP contribution in [-0.4, -0.2) is 43.2 Å². The minimum Gasteiger partial charge on any atom is -0.383 e. The number of likely N-dealkylation sites (N-methyl/N-ethyl adjacent to an activating group) is 1. The molecule has 0 saturated heterocycles. The highest BCUT2D eigenvalue weighted by atomic mass is 16.5. The Morgan fingerprint density at radius 1 is 1.38 bits per heavy atom. The molecule has 0 saturated carbocycles. The Morgan fingerprint density at radius 3 is 2.90 bits per heavy atom. The third-order valence-corrected chi connectivity index (χ3v) is 3.45. The number of rotatable bonds is 8. The van der Waals surface area contributed by atoms with E-state index >= 15 is 0 Å². The van der Waals surface area contributed by atoms with E-state index in [2.05, 4.69) is 41.7 Å². The molecule has 2 aromatic rings. The molecule has 2 rings (SSSR count). The monoisotopic (exact) mass is 290 g/mol. The summed E-state index contributed by atoms with van der Waals surface area (Å²) in [5, 5.41) is 3.51. The summed E-state index contributed by atoms with van der Waals surface area (Å²) in [7, 11) is 3.79. The highest BCUT2D eigenvalue weighted by Gasteiger charge is 2.15. The molecule has 0 aliphatic carbocycles. The Morgan fingerprint density at radius 2 is 2.19 bits per heavy atom. The van der Waals surface area contributed by atoms with Crippen LogP contribution in [0.1, 0.15) is 19.5 Å². The number of ether oxygens (including phenoxy) is 1. The molecule has 2 heterocycles. The summed E-state index contributed by atoms with van der Waals surface area (Å²) < 4.78 is 7.33. The number of nitrogens with zero attached hydrogens (tertiary/aromatic N) is 3. The van der Waals surface area contributed by atoms with Gasteiger partial charge in [-0.1, -0.05) is 19.9 Å². The van der Waals surface area contributed by atoms with Crippen molar-refractivity contribution in [2.24, 2.45) is 5.92 Å². The molecule has 0 aromatic carbocycles. The molecular weight excluding hydrogens is 264 g/mol. The predicted octanol–water partition coefficient (Wildman–Crippen LogP) is 2.16. The number of imidazole rings is 1. The van der Waals surface area contributed by atoms with Crippen molar-refractivity contribution in [2.45, 2.75) is 20.4 Å². The Bertz CT molecular complexity index is 564. The Hall–Kier alpha value is -1.59. The van der Waals surface area contributed by atoms with E-state index in [4.69, 9.17) is 9.72 Å². The van der Waals surface area contributed by atoms with Crippen molar-refractivity contribution in [3.63, 3.8) is 0 Å². The van der Waals surface area contributed by atoms with Crippen LogP contribution in [0.25, 0.3) is 5.65 Å². The summed E-state index contributed by atoms with van der Waals surface area (Å²) in [5.41, 5.74) is 2.18. The topological polar surface area (TPSA) is 41.8 Å². The van der Waals surface area contributed by atoms with Crippen molar-refractivity contribution >= 4 is 11.5 Å². The maximum atomic E-state index is 5.17. The van der Waals surface area contributed by atoms with Gasteiger partial charge in [0, 0.05) is 33.4 Å². The van der Waals surface area contributed by atoms with Gasteiger partial charge in [-0.3, -0.25) is 0 Å². The van der Waals surface area contributed by atoms with Gasteiger partial charge in [-0.15, -0.1) is 0 Å². The molecule has 0 amide bonds. The molecule has 0 radical (unpaired) electrons. The van der Waals surface area contributed by atoms with Gasteiger partial charge < -0.3 is 19.4 Å². The first-order valence-corrected chi connectivity index (χ1v) is 7.50. The van der Waals surface area contributed by atoms with Crippen LogP contribution in [0, 0.1) is 5.92 Å². The number of aromatic nitrogens is 2. The van der Waals surface area contributed by atoms with E-state index in [9.17, 15) is 0 Å². The number of hydrogen-bond acceptors (Lipinski definition) is 4. The first-order valence-electron chi connectivity index (χ1n) is 7.50. The van der Waals surface area contributed by atoms with Crippen molar-refractivity contribution in [1.29, 1.82) is 0 Å². The van der Waals surface area contributed by atoms with E-state index < -0.39 is 0 Å². The minimum absolute atomic E-state index is 0.638. The summed E-state index contributed by atoms with van der Waals surface area (Å²) in [4.78, 5) is 6.91. The third-order valence-electron chi connectivity index (χ3n) is 3.45. The lowest BCUT2D eigenvalue weighted by Crippen LogP contribution is -2.26. The van der Waals surface area contributed by atoms with Gasteiger partial charge in [-0.05, 0) is 24.6 Å². The van der Waals surface area contributed by atoms with Crippen molar-refractivity contribution in [3.8, 4) is 0 Å². The van der Waals surface area contributed by atoms with Crippen LogP contribution in [0.2, 0.25) is 0 Å². The summed E-state index contributed by atoms with van der Waals surface area (Å²) in [6.45, 7) is 7.78. The second-order valence-electron chi connectivity index (χ2n) is 5.75. The second-order valence-corrected chi connectivity index (χ2v) is 5.75. The van der Waals surface area contributed by atoms with Crippen molar-refractivity contribution in [3.05, 3.63) is 30.1 Å². The van der Waals surface area contributed by atoms with E-state index in [1.165, 1.54) is 5.69 Å². The normalized spacial score (nSPS) is 11.5. The number of pyridine rings is 1. The van der Waals surface area contributed by atoms with Crippen molar-refractivity contribution < 1.29 is 4.74 Å². The quantitative estimate of drug-likeness (QED) is 0.809. The highest BCUT2D eigenvalue weighted by Crippen LogP contribution is 2.20. The molecule has 0 fully saturated rings. The summed E-state index contributed by atoms with van der Waals surface area (Å²) >= 11 is 0. The number of methoxy groups -OCH3 is 1. The summed E-state index contributed by atoms with van der Waals surface area (Å²) in [6.07, 6.45) is 2.07. The first-order chi connectivity index (χ1) is 10.1. The maximum absolute atomic E-state index is 5.17. The molecule has 0 bridgehead atoms. The second kappa shape index (κ2) is 7.43. The lowest BCUT2D eigenvalue weighted by molar-refractivity contribution is 0.206. The number of fused-ring (bicyclic) bond motifs is 1. The van der Waals surface area contributed by atoms with E-state index in [0.717, 1.165) is 31.1 Å². The molecule has 5 heteroatoms. The molecule has 21 heavy (non-hydrogen) atoms. The fraction of sp³-hybridized carbons (Fsp3) is 0.562. The zero-order valence-electron chi connectivity index (χ0n) is 13.5. The molecule has 0 spiro atoms. The average molecular weight is 290 g/mol. The summed E-state index contributed by atoms with van der Waals surface area (Å²) in [6, 6.07) is 6.10. The van der Waals surface area contributed by atoms with Gasteiger partial charge in [0.1, 0.15) is 5.65 Å². The Kier molecular flexibility index (Phi) is 5.59. The first kappa shape index (κ1) is 15.8. The van der Waals surface area contributed by atoms with Crippen LogP contribution in [0.3, 0.4) is 0 Å². The molecule has 5 nitrogen and oxygen atoms in total. The van der Waals surface area contributed by atoms with Crippen LogP contribution in [-0.2, 0) is 11.3 Å². The van der Waals surface area contributed by atoms with Crippen LogP contribution in [0.4, 0.5) is 5.82 Å². The Labute approximate surface area is 126 Å². The molecule has 0 atom stereocenters. The van der Waals surface area contributed by atoms with Gasteiger partial charge in [0.15, 0.2) is 5.82 Å². The molecule has 0 aliphatic rings. The molecule has 1 N–H and O–H groups in total. The number of anilines is 1. The van der Waals surface area contributed by atoms with Gasteiger partial charge >= 0.3 is 0 Å². The standard InChI is InChI=1S/C16H26N4O/c1-13(2)11-17-12-14-16(19(3)9-10-21-4)18-15-7-5-6-8-20(14)15/h5-8,13,17H,9-12H2,1-4H3. The van der Waals surface area contributed by atoms with Crippen LogP contribution >= 0.6 is 0 Å². The predicted molar refractivity (Wildman–Crippen MR) is 86.9 cm³/mol. The average Bonchev–Trinajstić information content (AvgIpc) is 2.83. The minimum atomic E-state index is 0.638. The largest absolute Gasteiger partial charge is 0.383 e. The van der Waals surface area contributed by atoms with E-state index in [-0.39, 0.29) is 0 Å².